The first kappa shape index (κ1) is 21.9. The summed E-state index contributed by atoms with van der Waals surface area (Å²) in [6.07, 6.45) is -2.62. The van der Waals surface area contributed by atoms with Crippen LogP contribution in [-0.2, 0) is 22.4 Å². The van der Waals surface area contributed by atoms with E-state index in [1.54, 1.807) is 10.8 Å². The third-order valence-corrected chi connectivity index (χ3v) is 5.70. The molecule has 1 aliphatic rings. The lowest BCUT2D eigenvalue weighted by molar-refractivity contribution is -0.140. The molecule has 1 aliphatic heterocycles. The van der Waals surface area contributed by atoms with E-state index in [0.29, 0.717) is 18.6 Å². The fourth-order valence-corrected chi connectivity index (χ4v) is 4.08. The zero-order valence-electron chi connectivity index (χ0n) is 17.2. The molecule has 168 valence electrons. The van der Waals surface area contributed by atoms with Crippen molar-refractivity contribution in [2.24, 2.45) is 16.8 Å². The molecule has 0 bridgehead atoms. The molecular formula is C23H21F4N3O2. The second-order valence-electron chi connectivity index (χ2n) is 7.97. The number of benzene rings is 2. The van der Waals surface area contributed by atoms with Crippen LogP contribution in [0.3, 0.4) is 0 Å². The van der Waals surface area contributed by atoms with Gasteiger partial charge in [-0.1, -0.05) is 30.3 Å². The van der Waals surface area contributed by atoms with Crippen molar-refractivity contribution in [1.29, 1.82) is 0 Å². The standard InChI is InChI=1S/C23H21F4N3O2/c1-13-5-8-19(15-3-2-4-20-16(15)9-10-30(20)12-21(28)31)29-32-22(13)14-6-7-18(24)17(11-14)23(25,26)27/h2-4,6-7,9-11,13,22H,5,8,12H2,1H3,(H2,28,31). The third-order valence-electron chi connectivity index (χ3n) is 5.70. The van der Waals surface area contributed by atoms with Crippen molar-refractivity contribution in [3.63, 3.8) is 0 Å². The lowest BCUT2D eigenvalue weighted by atomic mass is 9.90. The first-order valence-electron chi connectivity index (χ1n) is 10.1. The lowest BCUT2D eigenvalue weighted by Gasteiger charge is -2.21. The van der Waals surface area contributed by atoms with E-state index in [9.17, 15) is 22.4 Å². The van der Waals surface area contributed by atoms with Crippen molar-refractivity contribution in [2.45, 2.75) is 38.6 Å². The van der Waals surface area contributed by atoms with E-state index in [4.69, 9.17) is 10.6 Å². The van der Waals surface area contributed by atoms with Gasteiger partial charge in [0, 0.05) is 28.6 Å². The Hall–Kier alpha value is -3.36. The number of hydrogen-bond donors (Lipinski definition) is 1. The monoisotopic (exact) mass is 447 g/mol. The minimum atomic E-state index is -4.80. The van der Waals surface area contributed by atoms with Crippen molar-refractivity contribution in [2.75, 3.05) is 0 Å². The molecule has 1 amide bonds. The molecule has 32 heavy (non-hydrogen) atoms. The minimum absolute atomic E-state index is 0.0428. The molecule has 2 heterocycles. The fourth-order valence-electron chi connectivity index (χ4n) is 4.08. The number of aromatic nitrogens is 1. The van der Waals surface area contributed by atoms with E-state index in [1.807, 2.05) is 31.2 Å². The smallest absolute Gasteiger partial charge is 0.387 e. The number of oxime groups is 1. The summed E-state index contributed by atoms with van der Waals surface area (Å²) in [5.41, 5.74) is 6.49. The molecule has 3 aromatic rings. The van der Waals surface area contributed by atoms with Crippen LogP contribution in [0.4, 0.5) is 17.6 Å². The number of nitrogens with zero attached hydrogens (tertiary/aromatic N) is 2. The Morgan fingerprint density at radius 1 is 1.25 bits per heavy atom. The van der Waals surface area contributed by atoms with E-state index in [0.717, 1.165) is 28.6 Å². The average molecular weight is 447 g/mol. The number of primary amides is 1. The molecule has 0 spiro atoms. The van der Waals surface area contributed by atoms with Crippen LogP contribution < -0.4 is 5.73 Å². The maximum atomic E-state index is 13.7. The van der Waals surface area contributed by atoms with Gasteiger partial charge < -0.3 is 15.1 Å². The van der Waals surface area contributed by atoms with Gasteiger partial charge in [0.25, 0.3) is 0 Å². The Morgan fingerprint density at radius 2 is 2.03 bits per heavy atom. The molecule has 0 saturated heterocycles. The maximum Gasteiger partial charge on any atom is 0.419 e. The molecule has 0 fully saturated rings. The van der Waals surface area contributed by atoms with Crippen molar-refractivity contribution < 1.29 is 27.2 Å². The largest absolute Gasteiger partial charge is 0.419 e. The molecule has 2 unspecified atom stereocenters. The molecule has 2 aromatic carbocycles. The van der Waals surface area contributed by atoms with Gasteiger partial charge in [0.2, 0.25) is 5.91 Å². The Morgan fingerprint density at radius 3 is 2.75 bits per heavy atom. The third kappa shape index (κ3) is 4.19. The summed E-state index contributed by atoms with van der Waals surface area (Å²) in [6, 6.07) is 10.3. The molecule has 2 N–H and O–H groups in total. The second kappa shape index (κ2) is 8.29. The topological polar surface area (TPSA) is 69.6 Å². The van der Waals surface area contributed by atoms with Crippen LogP contribution in [0.5, 0.6) is 0 Å². The van der Waals surface area contributed by atoms with Gasteiger partial charge in [-0.15, -0.1) is 0 Å². The van der Waals surface area contributed by atoms with E-state index in [-0.39, 0.29) is 18.0 Å². The van der Waals surface area contributed by atoms with E-state index in [2.05, 4.69) is 5.16 Å². The SMILES string of the molecule is CC1CCC(c2cccc3c2ccn3CC(N)=O)=NOC1c1ccc(F)c(C(F)(F)F)c1. The van der Waals surface area contributed by atoms with Gasteiger partial charge in [-0.25, -0.2) is 4.39 Å². The number of amides is 1. The Balaban J connectivity index is 1.68. The normalized spacial score (nSPS) is 19.3. The van der Waals surface area contributed by atoms with E-state index >= 15 is 0 Å². The molecular weight excluding hydrogens is 426 g/mol. The Bertz CT molecular complexity index is 1200. The van der Waals surface area contributed by atoms with Crippen LogP contribution in [0.15, 0.2) is 53.8 Å². The molecule has 5 nitrogen and oxygen atoms in total. The van der Waals surface area contributed by atoms with Gasteiger partial charge in [0.1, 0.15) is 12.4 Å². The minimum Gasteiger partial charge on any atom is -0.387 e. The van der Waals surface area contributed by atoms with Crippen LogP contribution in [0.2, 0.25) is 0 Å². The Labute approximate surface area is 181 Å². The number of fused-ring (bicyclic) bond motifs is 1. The highest BCUT2D eigenvalue weighted by Gasteiger charge is 2.36. The second-order valence-corrected chi connectivity index (χ2v) is 7.97. The first-order chi connectivity index (χ1) is 15.1. The highest BCUT2D eigenvalue weighted by atomic mass is 19.4. The maximum absolute atomic E-state index is 13.7. The lowest BCUT2D eigenvalue weighted by Crippen LogP contribution is -2.17. The zero-order chi connectivity index (χ0) is 23.0. The summed E-state index contributed by atoms with van der Waals surface area (Å²) in [6.45, 7) is 1.91. The number of carbonyl (C=O) groups is 1. The van der Waals surface area contributed by atoms with Gasteiger partial charge in [-0.05, 0) is 42.7 Å². The average Bonchev–Trinajstić information content (AvgIpc) is 3.02. The number of alkyl halides is 3. The van der Waals surface area contributed by atoms with Crippen molar-refractivity contribution in [3.05, 3.63) is 71.2 Å². The van der Waals surface area contributed by atoms with Crippen LogP contribution in [-0.4, -0.2) is 16.2 Å². The summed E-state index contributed by atoms with van der Waals surface area (Å²) >= 11 is 0. The van der Waals surface area contributed by atoms with Gasteiger partial charge in [-0.2, -0.15) is 13.2 Å². The number of hydrogen-bond acceptors (Lipinski definition) is 3. The Kier molecular flexibility index (Phi) is 5.66. The summed E-state index contributed by atoms with van der Waals surface area (Å²) in [5.74, 6) is -1.93. The van der Waals surface area contributed by atoms with Crippen molar-refractivity contribution in [3.8, 4) is 0 Å². The quantitative estimate of drug-likeness (QED) is 0.560. The molecule has 1 aromatic heterocycles. The summed E-state index contributed by atoms with van der Waals surface area (Å²) in [5, 5.41) is 5.14. The van der Waals surface area contributed by atoms with Crippen LogP contribution >= 0.6 is 0 Å². The van der Waals surface area contributed by atoms with Crippen LogP contribution in [0.1, 0.15) is 42.6 Å². The summed E-state index contributed by atoms with van der Waals surface area (Å²) in [4.78, 5) is 17.0. The molecule has 4 rings (SSSR count). The summed E-state index contributed by atoms with van der Waals surface area (Å²) < 4.78 is 54.9. The molecule has 0 saturated carbocycles. The first-order valence-corrected chi connectivity index (χ1v) is 10.1. The molecule has 9 heteroatoms. The van der Waals surface area contributed by atoms with Crippen LogP contribution in [0.25, 0.3) is 10.9 Å². The fraction of sp³-hybridized carbons (Fsp3) is 0.304. The van der Waals surface area contributed by atoms with Gasteiger partial charge in [0.15, 0.2) is 6.10 Å². The number of carbonyl (C=O) groups excluding carboxylic acids is 1. The molecule has 2 atom stereocenters. The predicted molar refractivity (Wildman–Crippen MR) is 111 cm³/mol. The van der Waals surface area contributed by atoms with Gasteiger partial charge in [0.05, 0.1) is 11.3 Å². The zero-order valence-corrected chi connectivity index (χ0v) is 17.2. The van der Waals surface area contributed by atoms with E-state index in [1.165, 1.54) is 6.07 Å². The molecule has 0 radical (unpaired) electrons. The molecule has 0 aliphatic carbocycles. The van der Waals surface area contributed by atoms with Gasteiger partial charge in [-0.3, -0.25) is 4.79 Å². The van der Waals surface area contributed by atoms with Crippen LogP contribution in [0, 0.1) is 11.7 Å². The highest BCUT2D eigenvalue weighted by molar-refractivity contribution is 6.10. The predicted octanol–water partition coefficient (Wildman–Crippen LogP) is 5.18. The number of halogens is 4. The van der Waals surface area contributed by atoms with Crippen molar-refractivity contribution in [1.82, 2.24) is 4.57 Å². The highest BCUT2D eigenvalue weighted by Crippen LogP contribution is 2.38. The van der Waals surface area contributed by atoms with Crippen molar-refractivity contribution >= 4 is 22.5 Å². The number of rotatable bonds is 4. The van der Waals surface area contributed by atoms with Gasteiger partial charge >= 0.3 is 6.18 Å². The summed E-state index contributed by atoms with van der Waals surface area (Å²) in [7, 11) is 0. The van der Waals surface area contributed by atoms with E-state index < -0.39 is 29.6 Å². The number of nitrogens with two attached hydrogens (primary N) is 1.